The van der Waals surface area contributed by atoms with E-state index in [1.807, 2.05) is 0 Å². The molecule has 0 fully saturated rings. The van der Waals surface area contributed by atoms with Gasteiger partial charge in [-0.1, -0.05) is 12.1 Å². The summed E-state index contributed by atoms with van der Waals surface area (Å²) in [6, 6.07) is 8.89. The Bertz CT molecular complexity index is 1320. The Morgan fingerprint density at radius 3 is 2.70 bits per heavy atom. The highest BCUT2D eigenvalue weighted by Crippen LogP contribution is 2.34. The normalized spacial score (nSPS) is 10.8. The summed E-state index contributed by atoms with van der Waals surface area (Å²) in [5.41, 5.74) is 4.93. The van der Waals surface area contributed by atoms with Crippen LogP contribution in [0, 0.1) is 5.82 Å². The highest BCUT2D eigenvalue weighted by Gasteiger charge is 2.23. The molecule has 12 heteroatoms. The standard InChI is InChI=1S/C21H17FN6O5/c1-32-10-14(29)25-27-20(31)17-13-3-2-8-23-16(13)19(30)18(24-17)21-28-26-15(33-21)9-11-4-6-12(22)7-5-11/h2-8,30H,9-10H2,1H3,(H,25,29)(H,27,31). The maximum absolute atomic E-state index is 13.1. The SMILES string of the molecule is COCC(=O)NNC(=O)c1nc(-c2nnc(Cc3ccc(F)cc3)o2)c(O)c2ncccc12. The Kier molecular flexibility index (Phi) is 6.17. The predicted octanol–water partition coefficient (Wildman–Crippen LogP) is 1.52. The minimum atomic E-state index is -0.759. The van der Waals surface area contributed by atoms with Crippen molar-refractivity contribution in [3.63, 3.8) is 0 Å². The van der Waals surface area contributed by atoms with Gasteiger partial charge in [0.05, 0.1) is 6.42 Å². The smallest absolute Gasteiger partial charge is 0.289 e. The molecule has 0 saturated carbocycles. The second-order valence-electron chi connectivity index (χ2n) is 6.80. The summed E-state index contributed by atoms with van der Waals surface area (Å²) < 4.78 is 23.4. The van der Waals surface area contributed by atoms with Crippen LogP contribution in [-0.4, -0.2) is 50.8 Å². The molecule has 168 valence electrons. The number of carbonyl (C=O) groups excluding carboxylic acids is 2. The molecule has 0 aliphatic rings. The number of aromatic nitrogens is 4. The van der Waals surface area contributed by atoms with Crippen molar-refractivity contribution in [2.75, 3.05) is 13.7 Å². The van der Waals surface area contributed by atoms with Gasteiger partial charge in [0.2, 0.25) is 5.89 Å². The number of hydrazine groups is 1. The molecule has 4 aromatic rings. The molecule has 1 aromatic carbocycles. The first kappa shape index (κ1) is 21.8. The van der Waals surface area contributed by atoms with E-state index in [1.54, 1.807) is 24.3 Å². The molecular weight excluding hydrogens is 435 g/mol. The van der Waals surface area contributed by atoms with Gasteiger partial charge >= 0.3 is 0 Å². The number of aromatic hydroxyl groups is 1. The van der Waals surface area contributed by atoms with Gasteiger partial charge < -0.3 is 14.3 Å². The summed E-state index contributed by atoms with van der Waals surface area (Å²) in [7, 11) is 1.34. The molecular formula is C21H17FN6O5. The van der Waals surface area contributed by atoms with Crippen molar-refractivity contribution in [2.45, 2.75) is 6.42 Å². The lowest BCUT2D eigenvalue weighted by Crippen LogP contribution is -2.43. The van der Waals surface area contributed by atoms with Crippen molar-refractivity contribution in [2.24, 2.45) is 0 Å². The zero-order valence-corrected chi connectivity index (χ0v) is 17.2. The van der Waals surface area contributed by atoms with Crippen LogP contribution in [0.1, 0.15) is 21.9 Å². The molecule has 2 amide bonds. The lowest BCUT2D eigenvalue weighted by atomic mass is 10.1. The Labute approximate surface area is 185 Å². The van der Waals surface area contributed by atoms with E-state index in [2.05, 4.69) is 35.8 Å². The second-order valence-corrected chi connectivity index (χ2v) is 6.80. The zero-order valence-electron chi connectivity index (χ0n) is 17.2. The van der Waals surface area contributed by atoms with E-state index in [0.29, 0.717) is 0 Å². The van der Waals surface area contributed by atoms with Crippen LogP contribution in [-0.2, 0) is 16.0 Å². The summed E-state index contributed by atoms with van der Waals surface area (Å²) in [6.07, 6.45) is 1.65. The number of halogens is 1. The molecule has 0 atom stereocenters. The molecule has 4 rings (SSSR count). The van der Waals surface area contributed by atoms with Gasteiger partial charge in [0.15, 0.2) is 11.4 Å². The summed E-state index contributed by atoms with van der Waals surface area (Å²) in [5.74, 6) is -2.01. The van der Waals surface area contributed by atoms with Gasteiger partial charge in [0, 0.05) is 18.7 Å². The molecule has 33 heavy (non-hydrogen) atoms. The highest BCUT2D eigenvalue weighted by molar-refractivity contribution is 6.07. The minimum absolute atomic E-state index is 0.0779. The number of hydrogen-bond donors (Lipinski definition) is 3. The van der Waals surface area contributed by atoms with Crippen molar-refractivity contribution in [3.8, 4) is 17.3 Å². The lowest BCUT2D eigenvalue weighted by molar-refractivity contribution is -0.125. The lowest BCUT2D eigenvalue weighted by Gasteiger charge is -2.10. The van der Waals surface area contributed by atoms with Gasteiger partial charge in [-0.2, -0.15) is 0 Å². The Hall–Kier alpha value is -4.45. The number of methoxy groups -OCH3 is 1. The minimum Gasteiger partial charge on any atom is -0.504 e. The van der Waals surface area contributed by atoms with E-state index < -0.39 is 11.8 Å². The monoisotopic (exact) mass is 452 g/mol. The van der Waals surface area contributed by atoms with Crippen LogP contribution in [0.25, 0.3) is 22.5 Å². The molecule has 3 N–H and O–H groups in total. The van der Waals surface area contributed by atoms with E-state index in [1.165, 1.54) is 25.4 Å². The fourth-order valence-electron chi connectivity index (χ4n) is 2.99. The Morgan fingerprint density at radius 2 is 1.94 bits per heavy atom. The third kappa shape index (κ3) is 4.75. The number of pyridine rings is 2. The molecule has 0 saturated heterocycles. The number of fused-ring (bicyclic) bond motifs is 1. The summed E-state index contributed by atoms with van der Waals surface area (Å²) in [5, 5.41) is 18.8. The van der Waals surface area contributed by atoms with Crippen LogP contribution < -0.4 is 10.9 Å². The second kappa shape index (κ2) is 9.36. The van der Waals surface area contributed by atoms with Gasteiger partial charge in [-0.3, -0.25) is 25.4 Å². The van der Waals surface area contributed by atoms with Gasteiger partial charge in [0.1, 0.15) is 23.6 Å². The van der Waals surface area contributed by atoms with Crippen LogP contribution in [0.3, 0.4) is 0 Å². The molecule has 3 heterocycles. The third-order valence-electron chi connectivity index (χ3n) is 4.48. The van der Waals surface area contributed by atoms with Crippen LogP contribution in [0.4, 0.5) is 4.39 Å². The average molecular weight is 452 g/mol. The fourth-order valence-corrected chi connectivity index (χ4v) is 2.99. The summed E-state index contributed by atoms with van der Waals surface area (Å²) >= 11 is 0. The zero-order chi connectivity index (χ0) is 23.4. The number of rotatable bonds is 6. The van der Waals surface area contributed by atoms with E-state index >= 15 is 0 Å². The van der Waals surface area contributed by atoms with Gasteiger partial charge in [-0.05, 0) is 29.8 Å². The van der Waals surface area contributed by atoms with Crippen LogP contribution in [0.15, 0.2) is 47.0 Å². The fraction of sp³-hybridized carbons (Fsp3) is 0.143. The molecule has 0 bridgehead atoms. The van der Waals surface area contributed by atoms with E-state index in [9.17, 15) is 19.1 Å². The van der Waals surface area contributed by atoms with Crippen molar-refractivity contribution in [1.82, 2.24) is 31.0 Å². The topological polar surface area (TPSA) is 152 Å². The van der Waals surface area contributed by atoms with Crippen molar-refractivity contribution in [3.05, 3.63) is 65.6 Å². The number of benzene rings is 1. The third-order valence-corrected chi connectivity index (χ3v) is 4.48. The summed E-state index contributed by atoms with van der Waals surface area (Å²) in [4.78, 5) is 32.6. The maximum atomic E-state index is 13.1. The summed E-state index contributed by atoms with van der Waals surface area (Å²) in [6.45, 7) is -0.254. The molecule has 11 nitrogen and oxygen atoms in total. The highest BCUT2D eigenvalue weighted by atomic mass is 19.1. The average Bonchev–Trinajstić information content (AvgIpc) is 3.28. The number of hydrogen-bond acceptors (Lipinski definition) is 9. The Balaban J connectivity index is 1.67. The van der Waals surface area contributed by atoms with Crippen molar-refractivity contribution in [1.29, 1.82) is 0 Å². The number of carbonyl (C=O) groups is 2. The van der Waals surface area contributed by atoms with E-state index in [0.717, 1.165) is 5.56 Å². The molecule has 0 aliphatic carbocycles. The molecule has 0 aliphatic heterocycles. The van der Waals surface area contributed by atoms with E-state index in [4.69, 9.17) is 4.42 Å². The Morgan fingerprint density at radius 1 is 1.15 bits per heavy atom. The number of nitrogens with zero attached hydrogens (tertiary/aromatic N) is 4. The number of ether oxygens (including phenoxy) is 1. The van der Waals surface area contributed by atoms with Crippen molar-refractivity contribution < 1.29 is 28.2 Å². The maximum Gasteiger partial charge on any atom is 0.289 e. The predicted molar refractivity (Wildman–Crippen MR) is 111 cm³/mol. The van der Waals surface area contributed by atoms with Gasteiger partial charge in [0.25, 0.3) is 17.7 Å². The molecule has 0 spiro atoms. The first-order valence-electron chi connectivity index (χ1n) is 9.59. The molecule has 0 radical (unpaired) electrons. The van der Waals surface area contributed by atoms with Crippen molar-refractivity contribution >= 4 is 22.7 Å². The van der Waals surface area contributed by atoms with Crippen LogP contribution >= 0.6 is 0 Å². The molecule has 3 aromatic heterocycles. The quantitative estimate of drug-likeness (QED) is 0.370. The first-order valence-corrected chi connectivity index (χ1v) is 9.59. The number of nitrogens with one attached hydrogen (secondary N) is 2. The largest absolute Gasteiger partial charge is 0.504 e. The van der Waals surface area contributed by atoms with Gasteiger partial charge in [-0.25, -0.2) is 9.37 Å². The molecule has 0 unspecified atom stereocenters. The van der Waals surface area contributed by atoms with Gasteiger partial charge in [-0.15, -0.1) is 10.2 Å². The van der Waals surface area contributed by atoms with E-state index in [-0.39, 0.29) is 58.7 Å². The van der Waals surface area contributed by atoms with Crippen LogP contribution in [0.2, 0.25) is 0 Å². The first-order chi connectivity index (χ1) is 16.0. The van der Waals surface area contributed by atoms with Crippen LogP contribution in [0.5, 0.6) is 5.75 Å². The number of amides is 2.